The van der Waals surface area contributed by atoms with Crippen LogP contribution in [0.3, 0.4) is 0 Å². The van der Waals surface area contributed by atoms with Crippen LogP contribution >= 0.6 is 11.3 Å². The number of rotatable bonds is 2. The third kappa shape index (κ3) is 2.55. The maximum atomic E-state index is 6.26. The topological polar surface area (TPSA) is 64.9 Å². The van der Waals surface area contributed by atoms with Gasteiger partial charge in [-0.2, -0.15) is 4.98 Å². The summed E-state index contributed by atoms with van der Waals surface area (Å²) < 4.78 is 5.53. The first-order valence-electron chi connectivity index (χ1n) is 7.93. The molecule has 0 bridgehead atoms. The molecule has 0 unspecified atom stereocenters. The van der Waals surface area contributed by atoms with Crippen molar-refractivity contribution in [2.75, 3.05) is 5.73 Å². The first kappa shape index (κ1) is 14.5. The first-order valence-corrected chi connectivity index (χ1v) is 8.74. The molecule has 5 heteroatoms. The van der Waals surface area contributed by atoms with Gasteiger partial charge in [0.15, 0.2) is 0 Å². The van der Waals surface area contributed by atoms with Crippen molar-refractivity contribution in [3.8, 4) is 22.8 Å². The van der Waals surface area contributed by atoms with Crippen LogP contribution in [0.2, 0.25) is 0 Å². The highest BCUT2D eigenvalue weighted by Crippen LogP contribution is 2.43. The molecule has 4 rings (SSSR count). The highest BCUT2D eigenvalue weighted by molar-refractivity contribution is 7.16. The van der Waals surface area contributed by atoms with E-state index in [1.807, 2.05) is 24.3 Å². The second kappa shape index (κ2) is 5.49. The molecule has 0 amide bonds. The quantitative estimate of drug-likeness (QED) is 0.754. The zero-order valence-corrected chi connectivity index (χ0v) is 14.1. The summed E-state index contributed by atoms with van der Waals surface area (Å²) in [5.41, 5.74) is 10.7. The van der Waals surface area contributed by atoms with Crippen LogP contribution in [0.15, 0.2) is 28.8 Å². The maximum absolute atomic E-state index is 6.26. The van der Waals surface area contributed by atoms with Gasteiger partial charge >= 0.3 is 0 Å². The number of hydrogen-bond donors (Lipinski definition) is 1. The Morgan fingerprint density at radius 2 is 2.04 bits per heavy atom. The van der Waals surface area contributed by atoms with E-state index in [2.05, 4.69) is 24.0 Å². The number of aryl methyl sites for hydroxylation is 1. The lowest BCUT2D eigenvalue weighted by atomic mass is 9.88. The van der Waals surface area contributed by atoms with Gasteiger partial charge in [0.25, 0.3) is 5.89 Å². The smallest absolute Gasteiger partial charge is 0.261 e. The van der Waals surface area contributed by atoms with Crippen molar-refractivity contribution in [3.05, 3.63) is 40.3 Å². The number of thiophene rings is 1. The Morgan fingerprint density at radius 1 is 1.26 bits per heavy atom. The lowest BCUT2D eigenvalue weighted by molar-refractivity contribution is 0.431. The Bertz CT molecular complexity index is 848. The molecule has 0 spiro atoms. The summed E-state index contributed by atoms with van der Waals surface area (Å²) in [4.78, 5) is 5.97. The van der Waals surface area contributed by atoms with Crippen LogP contribution < -0.4 is 5.73 Å². The predicted molar refractivity (Wildman–Crippen MR) is 93.4 cm³/mol. The SMILES string of the molecule is Cc1ccc(-c2noc(-c3c(N)sc4c3CC[C@H](C)C4)n2)cc1. The van der Waals surface area contributed by atoms with E-state index in [9.17, 15) is 0 Å². The second-order valence-corrected chi connectivity index (χ2v) is 7.52. The molecule has 1 atom stereocenters. The lowest BCUT2D eigenvalue weighted by Crippen LogP contribution is -2.09. The Morgan fingerprint density at radius 3 is 2.83 bits per heavy atom. The van der Waals surface area contributed by atoms with Crippen LogP contribution in [-0.4, -0.2) is 10.1 Å². The normalized spacial score (nSPS) is 17.2. The van der Waals surface area contributed by atoms with Crippen LogP contribution in [0.1, 0.15) is 29.3 Å². The molecule has 4 nitrogen and oxygen atoms in total. The largest absolute Gasteiger partial charge is 0.390 e. The van der Waals surface area contributed by atoms with Crippen molar-refractivity contribution in [3.63, 3.8) is 0 Å². The van der Waals surface area contributed by atoms with Gasteiger partial charge in [-0.15, -0.1) is 11.3 Å². The minimum Gasteiger partial charge on any atom is -0.390 e. The summed E-state index contributed by atoms with van der Waals surface area (Å²) in [6.07, 6.45) is 3.33. The van der Waals surface area contributed by atoms with Gasteiger partial charge in [-0.3, -0.25) is 0 Å². The van der Waals surface area contributed by atoms with Gasteiger partial charge in [0.05, 0.1) is 10.6 Å². The first-order chi connectivity index (χ1) is 11.1. The fraction of sp³-hybridized carbons (Fsp3) is 0.333. The summed E-state index contributed by atoms with van der Waals surface area (Å²) in [5, 5.41) is 4.93. The molecule has 2 heterocycles. The molecule has 23 heavy (non-hydrogen) atoms. The molecule has 0 saturated carbocycles. The van der Waals surface area contributed by atoms with Crippen LogP contribution in [-0.2, 0) is 12.8 Å². The monoisotopic (exact) mass is 325 g/mol. The van der Waals surface area contributed by atoms with Gasteiger partial charge < -0.3 is 10.3 Å². The third-order valence-corrected chi connectivity index (χ3v) is 5.57. The highest BCUT2D eigenvalue weighted by atomic mass is 32.1. The number of nitrogens with zero attached hydrogens (tertiary/aromatic N) is 2. The van der Waals surface area contributed by atoms with Gasteiger partial charge in [-0.25, -0.2) is 0 Å². The summed E-state index contributed by atoms with van der Waals surface area (Å²) >= 11 is 1.67. The minimum atomic E-state index is 0.546. The lowest BCUT2D eigenvalue weighted by Gasteiger charge is -2.18. The Labute approximate surface area is 139 Å². The molecule has 2 N–H and O–H groups in total. The Kier molecular flexibility index (Phi) is 3.45. The van der Waals surface area contributed by atoms with Crippen molar-refractivity contribution >= 4 is 16.3 Å². The van der Waals surface area contributed by atoms with Crippen molar-refractivity contribution < 1.29 is 4.52 Å². The molecular weight excluding hydrogens is 306 g/mol. The van der Waals surface area contributed by atoms with Crippen LogP contribution in [0.5, 0.6) is 0 Å². The van der Waals surface area contributed by atoms with Crippen molar-refractivity contribution in [1.29, 1.82) is 0 Å². The van der Waals surface area contributed by atoms with Gasteiger partial charge in [0, 0.05) is 10.4 Å². The van der Waals surface area contributed by atoms with E-state index in [4.69, 9.17) is 10.3 Å². The molecular formula is C18H19N3OS. The molecule has 0 aliphatic heterocycles. The Balaban J connectivity index is 1.74. The van der Waals surface area contributed by atoms with Crippen LogP contribution in [0, 0.1) is 12.8 Å². The molecule has 1 aromatic carbocycles. The summed E-state index contributed by atoms with van der Waals surface area (Å²) in [7, 11) is 0. The number of nitrogen functional groups attached to an aromatic ring is 1. The number of anilines is 1. The number of hydrogen-bond acceptors (Lipinski definition) is 5. The van der Waals surface area contributed by atoms with E-state index >= 15 is 0 Å². The molecule has 0 fully saturated rings. The number of benzene rings is 1. The molecule has 3 aromatic rings. The van der Waals surface area contributed by atoms with E-state index in [-0.39, 0.29) is 0 Å². The van der Waals surface area contributed by atoms with Crippen LogP contribution in [0.25, 0.3) is 22.8 Å². The average Bonchev–Trinajstić information content (AvgIpc) is 3.11. The van der Waals surface area contributed by atoms with Crippen molar-refractivity contribution in [2.24, 2.45) is 5.92 Å². The summed E-state index contributed by atoms with van der Waals surface area (Å²) in [6.45, 7) is 4.35. The standard InChI is InChI=1S/C18H19N3OS/c1-10-3-6-12(7-4-10)17-20-18(22-21-17)15-13-8-5-11(2)9-14(13)23-16(15)19/h3-4,6-7,11H,5,8-9,19H2,1-2H3/t11-/m0/s1. The minimum absolute atomic E-state index is 0.546. The van der Waals surface area contributed by atoms with Gasteiger partial charge in [-0.05, 0) is 37.7 Å². The molecule has 118 valence electrons. The number of fused-ring (bicyclic) bond motifs is 1. The number of nitrogens with two attached hydrogens (primary N) is 1. The third-order valence-electron chi connectivity index (χ3n) is 4.49. The Hall–Kier alpha value is -2.14. The maximum Gasteiger partial charge on any atom is 0.261 e. The van der Waals surface area contributed by atoms with Gasteiger partial charge in [0.2, 0.25) is 5.82 Å². The fourth-order valence-electron chi connectivity index (χ4n) is 3.15. The summed E-state index contributed by atoms with van der Waals surface area (Å²) in [6, 6.07) is 8.12. The van der Waals surface area contributed by atoms with E-state index in [0.29, 0.717) is 11.7 Å². The van der Waals surface area contributed by atoms with Gasteiger partial charge in [0.1, 0.15) is 0 Å². The average molecular weight is 325 g/mol. The van der Waals surface area contributed by atoms with Gasteiger partial charge in [-0.1, -0.05) is 41.9 Å². The number of aromatic nitrogens is 2. The predicted octanol–water partition coefficient (Wildman–Crippen LogP) is 4.48. The molecule has 2 aromatic heterocycles. The molecule has 1 aliphatic carbocycles. The second-order valence-electron chi connectivity index (χ2n) is 6.38. The highest BCUT2D eigenvalue weighted by Gasteiger charge is 2.26. The zero-order valence-electron chi connectivity index (χ0n) is 13.3. The molecule has 0 radical (unpaired) electrons. The zero-order chi connectivity index (χ0) is 16.0. The molecule has 0 saturated heterocycles. The van der Waals surface area contributed by atoms with E-state index in [1.165, 1.54) is 22.4 Å². The molecule has 1 aliphatic rings. The fourth-order valence-corrected chi connectivity index (χ4v) is 4.42. The van der Waals surface area contributed by atoms with Crippen molar-refractivity contribution in [1.82, 2.24) is 10.1 Å². The van der Waals surface area contributed by atoms with Crippen LogP contribution in [0.4, 0.5) is 5.00 Å². The van der Waals surface area contributed by atoms with Crippen molar-refractivity contribution in [2.45, 2.75) is 33.1 Å². The van der Waals surface area contributed by atoms with E-state index < -0.39 is 0 Å². The van der Waals surface area contributed by atoms with E-state index in [1.54, 1.807) is 11.3 Å². The van der Waals surface area contributed by atoms with E-state index in [0.717, 1.165) is 34.9 Å². The summed E-state index contributed by atoms with van der Waals surface area (Å²) in [5.74, 6) is 1.88.